The number of H-pyrrole nitrogens is 1. The summed E-state index contributed by atoms with van der Waals surface area (Å²) in [4.78, 5) is 3.31. The molecule has 0 bridgehead atoms. The lowest BCUT2D eigenvalue weighted by Crippen LogP contribution is -2.00. The number of nitriles is 1. The number of aromatic nitrogens is 1. The lowest BCUT2D eigenvalue weighted by Gasteiger charge is -2.05. The van der Waals surface area contributed by atoms with Crippen molar-refractivity contribution >= 4 is 28.2 Å². The molecule has 4 heteroatoms. The monoisotopic (exact) mass is 281 g/mol. The lowest BCUT2D eigenvalue weighted by molar-refractivity contribution is 1.09. The van der Waals surface area contributed by atoms with E-state index in [-0.39, 0.29) is 0 Å². The van der Waals surface area contributed by atoms with E-state index < -0.39 is 0 Å². The van der Waals surface area contributed by atoms with Crippen molar-refractivity contribution in [3.63, 3.8) is 0 Å². The first-order valence-corrected chi connectivity index (χ1v) is 6.65. The molecule has 2 N–H and O–H groups in total. The van der Waals surface area contributed by atoms with Crippen molar-refractivity contribution in [1.82, 2.24) is 4.98 Å². The minimum Gasteiger partial charge on any atom is -0.379 e. The molecule has 98 valence electrons. The van der Waals surface area contributed by atoms with Crippen LogP contribution in [0.5, 0.6) is 0 Å². The average molecular weight is 282 g/mol. The van der Waals surface area contributed by atoms with E-state index in [2.05, 4.69) is 16.4 Å². The van der Waals surface area contributed by atoms with Crippen molar-refractivity contribution in [1.29, 1.82) is 5.26 Å². The topological polar surface area (TPSA) is 51.6 Å². The number of hydrogen-bond donors (Lipinski definition) is 2. The van der Waals surface area contributed by atoms with Gasteiger partial charge < -0.3 is 10.3 Å². The van der Waals surface area contributed by atoms with Gasteiger partial charge >= 0.3 is 0 Å². The molecule has 0 saturated heterocycles. The van der Waals surface area contributed by atoms with Gasteiger partial charge in [0.1, 0.15) is 0 Å². The fraction of sp³-hybridized carbons (Fsp3) is 0.0625. The summed E-state index contributed by atoms with van der Waals surface area (Å²) in [6, 6.07) is 17.4. The predicted octanol–water partition coefficient (Wildman–Crippen LogP) is 4.31. The quantitative estimate of drug-likeness (QED) is 0.752. The molecule has 1 heterocycles. The Labute approximate surface area is 121 Å². The zero-order valence-corrected chi connectivity index (χ0v) is 11.4. The first kappa shape index (κ1) is 12.6. The molecule has 0 aliphatic heterocycles. The maximum Gasteiger partial charge on any atom is 0.0991 e. The van der Waals surface area contributed by atoms with Crippen LogP contribution in [0.2, 0.25) is 5.02 Å². The van der Waals surface area contributed by atoms with Crippen LogP contribution in [0.3, 0.4) is 0 Å². The Morgan fingerprint density at radius 2 is 1.85 bits per heavy atom. The lowest BCUT2D eigenvalue weighted by atomic mass is 10.2. The Morgan fingerprint density at radius 1 is 1.10 bits per heavy atom. The average Bonchev–Trinajstić information content (AvgIpc) is 2.83. The van der Waals surface area contributed by atoms with E-state index in [4.69, 9.17) is 16.9 Å². The standard InChI is InChI=1S/C16H12ClN3/c17-16-13-3-1-2-4-14(13)20-15(16)10-19-12-7-5-11(9-18)6-8-12/h1-8,19-20H,10H2. The molecule has 1 aromatic heterocycles. The van der Waals surface area contributed by atoms with Gasteiger partial charge in [-0.15, -0.1) is 0 Å². The molecule has 0 aliphatic rings. The van der Waals surface area contributed by atoms with Crippen molar-refractivity contribution < 1.29 is 0 Å². The van der Waals surface area contributed by atoms with Crippen molar-refractivity contribution in [3.05, 3.63) is 64.8 Å². The Bertz CT molecular complexity index is 782. The Hall–Kier alpha value is -2.44. The number of fused-ring (bicyclic) bond motifs is 1. The second-order valence-corrected chi connectivity index (χ2v) is 4.88. The summed E-state index contributed by atoms with van der Waals surface area (Å²) < 4.78 is 0. The maximum atomic E-state index is 8.76. The molecule has 0 unspecified atom stereocenters. The molecule has 2 aromatic carbocycles. The van der Waals surface area contributed by atoms with Gasteiger partial charge in [-0.1, -0.05) is 29.8 Å². The molecule has 0 amide bonds. The second kappa shape index (κ2) is 5.28. The second-order valence-electron chi connectivity index (χ2n) is 4.51. The molecular formula is C16H12ClN3. The van der Waals surface area contributed by atoms with E-state index in [1.165, 1.54) is 0 Å². The number of anilines is 1. The molecule has 0 fully saturated rings. The largest absolute Gasteiger partial charge is 0.379 e. The number of para-hydroxylation sites is 1. The highest BCUT2D eigenvalue weighted by molar-refractivity contribution is 6.36. The summed E-state index contributed by atoms with van der Waals surface area (Å²) in [7, 11) is 0. The highest BCUT2D eigenvalue weighted by atomic mass is 35.5. The van der Waals surface area contributed by atoms with Gasteiger partial charge in [-0.05, 0) is 30.3 Å². The zero-order valence-electron chi connectivity index (χ0n) is 10.7. The summed E-state index contributed by atoms with van der Waals surface area (Å²) >= 11 is 6.36. The smallest absolute Gasteiger partial charge is 0.0991 e. The normalized spacial score (nSPS) is 10.4. The number of nitrogens with one attached hydrogen (secondary N) is 2. The summed E-state index contributed by atoms with van der Waals surface area (Å²) in [5.41, 5.74) is 3.60. The van der Waals surface area contributed by atoms with Gasteiger partial charge in [0.2, 0.25) is 0 Å². The fourth-order valence-corrected chi connectivity index (χ4v) is 2.42. The van der Waals surface area contributed by atoms with Gasteiger partial charge in [-0.25, -0.2) is 0 Å². The third kappa shape index (κ3) is 2.34. The van der Waals surface area contributed by atoms with E-state index in [1.54, 1.807) is 12.1 Å². The van der Waals surface area contributed by atoms with Crippen molar-refractivity contribution in [2.75, 3.05) is 5.32 Å². The summed E-state index contributed by atoms with van der Waals surface area (Å²) in [5, 5.41) is 13.8. The first-order valence-electron chi connectivity index (χ1n) is 6.27. The number of benzene rings is 2. The van der Waals surface area contributed by atoms with Crippen molar-refractivity contribution in [3.8, 4) is 6.07 Å². The number of halogens is 1. The summed E-state index contributed by atoms with van der Waals surface area (Å²) in [5.74, 6) is 0. The maximum absolute atomic E-state index is 8.76. The van der Waals surface area contributed by atoms with E-state index in [0.29, 0.717) is 12.1 Å². The van der Waals surface area contributed by atoms with E-state index >= 15 is 0 Å². The van der Waals surface area contributed by atoms with Crippen LogP contribution in [0.25, 0.3) is 10.9 Å². The number of hydrogen-bond acceptors (Lipinski definition) is 2. The van der Waals surface area contributed by atoms with Gasteiger partial charge in [0.15, 0.2) is 0 Å². The molecule has 0 aliphatic carbocycles. The molecule has 0 spiro atoms. The van der Waals surface area contributed by atoms with Gasteiger partial charge in [-0.3, -0.25) is 0 Å². The Balaban J connectivity index is 1.79. The summed E-state index contributed by atoms with van der Waals surface area (Å²) in [6.07, 6.45) is 0. The van der Waals surface area contributed by atoms with Gasteiger partial charge in [-0.2, -0.15) is 5.26 Å². The number of nitrogens with zero attached hydrogens (tertiary/aromatic N) is 1. The molecule has 0 atom stereocenters. The van der Waals surface area contributed by atoms with Crippen LogP contribution < -0.4 is 5.32 Å². The SMILES string of the molecule is N#Cc1ccc(NCc2[nH]c3ccccc3c2Cl)cc1. The summed E-state index contributed by atoms with van der Waals surface area (Å²) in [6.45, 7) is 0.611. The van der Waals surface area contributed by atoms with E-state index in [1.807, 2.05) is 36.4 Å². The Morgan fingerprint density at radius 3 is 2.55 bits per heavy atom. The molecule has 0 saturated carbocycles. The van der Waals surface area contributed by atoms with Crippen LogP contribution in [0.15, 0.2) is 48.5 Å². The van der Waals surface area contributed by atoms with E-state index in [0.717, 1.165) is 27.3 Å². The minimum absolute atomic E-state index is 0.611. The van der Waals surface area contributed by atoms with Crippen LogP contribution in [-0.2, 0) is 6.54 Å². The van der Waals surface area contributed by atoms with Crippen LogP contribution in [0.1, 0.15) is 11.3 Å². The predicted molar refractivity (Wildman–Crippen MR) is 81.8 cm³/mol. The Kier molecular flexibility index (Phi) is 3.32. The van der Waals surface area contributed by atoms with Crippen LogP contribution >= 0.6 is 11.6 Å². The minimum atomic E-state index is 0.611. The van der Waals surface area contributed by atoms with Gasteiger partial charge in [0.25, 0.3) is 0 Å². The third-order valence-corrected chi connectivity index (χ3v) is 3.63. The zero-order chi connectivity index (χ0) is 13.9. The van der Waals surface area contributed by atoms with E-state index in [9.17, 15) is 0 Å². The molecule has 20 heavy (non-hydrogen) atoms. The number of rotatable bonds is 3. The molecule has 3 rings (SSSR count). The third-order valence-electron chi connectivity index (χ3n) is 3.20. The highest BCUT2D eigenvalue weighted by Gasteiger charge is 2.08. The fourth-order valence-electron chi connectivity index (χ4n) is 2.14. The van der Waals surface area contributed by atoms with Gasteiger partial charge in [0, 0.05) is 16.6 Å². The first-order chi connectivity index (χ1) is 9.78. The van der Waals surface area contributed by atoms with Crippen LogP contribution in [0.4, 0.5) is 5.69 Å². The van der Waals surface area contributed by atoms with Crippen molar-refractivity contribution in [2.45, 2.75) is 6.54 Å². The van der Waals surface area contributed by atoms with Crippen LogP contribution in [0, 0.1) is 11.3 Å². The molecular weight excluding hydrogens is 270 g/mol. The molecule has 0 radical (unpaired) electrons. The molecule has 3 nitrogen and oxygen atoms in total. The number of aromatic amines is 1. The van der Waals surface area contributed by atoms with Gasteiger partial charge in [0.05, 0.1) is 28.9 Å². The van der Waals surface area contributed by atoms with Crippen molar-refractivity contribution in [2.24, 2.45) is 0 Å². The molecule has 3 aromatic rings. The highest BCUT2D eigenvalue weighted by Crippen LogP contribution is 2.27. The van der Waals surface area contributed by atoms with Crippen LogP contribution in [-0.4, -0.2) is 4.98 Å².